The fourth-order valence-electron chi connectivity index (χ4n) is 3.43. The third-order valence-electron chi connectivity index (χ3n) is 4.94. The largest absolute Gasteiger partial charge is 0.361 e. The smallest absolute Gasteiger partial charge is 0.333 e. The number of fused-ring (bicyclic) bond motifs is 1. The number of thiophene rings is 1. The molecule has 0 aliphatic carbocycles. The summed E-state index contributed by atoms with van der Waals surface area (Å²) < 4.78 is 13.0. The van der Waals surface area contributed by atoms with Gasteiger partial charge in [0.25, 0.3) is 0 Å². The van der Waals surface area contributed by atoms with E-state index in [4.69, 9.17) is 0 Å². The Bertz CT molecular complexity index is 1170. The maximum Gasteiger partial charge on any atom is 0.333 e. The van der Waals surface area contributed by atoms with Crippen molar-refractivity contribution in [1.82, 2.24) is 21.2 Å². The summed E-state index contributed by atoms with van der Waals surface area (Å²) in [4.78, 5) is 28.7. The second kappa shape index (κ2) is 9.44. The normalized spacial score (nSPS) is 11.8. The van der Waals surface area contributed by atoms with Crippen LogP contribution in [0.2, 0.25) is 0 Å². The molecule has 31 heavy (non-hydrogen) atoms. The Morgan fingerprint density at radius 2 is 1.81 bits per heavy atom. The SMILES string of the molecule is O=C(Cc1ccc(F)cc1)NNC(=O)NCC(c1cccs1)c1c[nH]c2ccccc12. The summed E-state index contributed by atoms with van der Waals surface area (Å²) in [6.07, 6.45) is 2.01. The van der Waals surface area contributed by atoms with E-state index in [-0.39, 0.29) is 18.2 Å². The molecule has 2 aromatic heterocycles. The summed E-state index contributed by atoms with van der Waals surface area (Å²) in [5, 5.41) is 5.94. The van der Waals surface area contributed by atoms with Crippen molar-refractivity contribution in [1.29, 1.82) is 0 Å². The van der Waals surface area contributed by atoms with Gasteiger partial charge in [0.15, 0.2) is 0 Å². The number of hydrogen-bond acceptors (Lipinski definition) is 3. The van der Waals surface area contributed by atoms with E-state index in [0.29, 0.717) is 12.1 Å². The molecule has 0 fully saturated rings. The number of aromatic nitrogens is 1. The van der Waals surface area contributed by atoms with E-state index < -0.39 is 11.9 Å². The number of carbonyl (C=O) groups excluding carboxylic acids is 2. The monoisotopic (exact) mass is 436 g/mol. The fraction of sp³-hybridized carbons (Fsp3) is 0.130. The summed E-state index contributed by atoms with van der Waals surface area (Å²) in [5.41, 5.74) is 7.52. The molecule has 3 amide bonds. The number of para-hydroxylation sites is 1. The highest BCUT2D eigenvalue weighted by Crippen LogP contribution is 2.32. The number of hydrazine groups is 1. The molecular formula is C23H21FN4O2S. The van der Waals surface area contributed by atoms with E-state index >= 15 is 0 Å². The molecule has 2 heterocycles. The molecule has 0 aliphatic rings. The minimum atomic E-state index is -0.506. The predicted molar refractivity (Wildman–Crippen MR) is 119 cm³/mol. The molecule has 4 rings (SSSR count). The van der Waals surface area contributed by atoms with Gasteiger partial charge in [-0.2, -0.15) is 0 Å². The molecule has 0 bridgehead atoms. The first-order valence-electron chi connectivity index (χ1n) is 9.76. The average Bonchev–Trinajstić information content (AvgIpc) is 3.45. The lowest BCUT2D eigenvalue weighted by molar-refractivity contribution is -0.121. The van der Waals surface area contributed by atoms with Crippen molar-refractivity contribution in [3.8, 4) is 0 Å². The Morgan fingerprint density at radius 1 is 1.00 bits per heavy atom. The molecule has 6 nitrogen and oxygen atoms in total. The van der Waals surface area contributed by atoms with E-state index in [2.05, 4.69) is 27.2 Å². The van der Waals surface area contributed by atoms with Crippen molar-refractivity contribution in [2.45, 2.75) is 12.3 Å². The molecule has 0 aliphatic heterocycles. The van der Waals surface area contributed by atoms with Crippen molar-refractivity contribution < 1.29 is 14.0 Å². The van der Waals surface area contributed by atoms with Gasteiger partial charge in [-0.05, 0) is 40.8 Å². The molecule has 4 aromatic rings. The van der Waals surface area contributed by atoms with E-state index in [1.807, 2.05) is 41.9 Å². The molecule has 8 heteroatoms. The minimum Gasteiger partial charge on any atom is -0.361 e. The molecule has 2 aromatic carbocycles. The van der Waals surface area contributed by atoms with Crippen LogP contribution in [0.15, 0.2) is 72.2 Å². The number of urea groups is 1. The van der Waals surface area contributed by atoms with E-state index in [0.717, 1.165) is 21.3 Å². The van der Waals surface area contributed by atoms with Gasteiger partial charge in [0.2, 0.25) is 5.91 Å². The minimum absolute atomic E-state index is 0.0307. The van der Waals surface area contributed by atoms with E-state index in [1.165, 1.54) is 24.3 Å². The van der Waals surface area contributed by atoms with Crippen molar-refractivity contribution in [2.24, 2.45) is 0 Å². The van der Waals surface area contributed by atoms with Crippen molar-refractivity contribution in [2.75, 3.05) is 6.54 Å². The highest BCUT2D eigenvalue weighted by molar-refractivity contribution is 7.10. The molecule has 0 radical (unpaired) electrons. The summed E-state index contributed by atoms with van der Waals surface area (Å²) in [6.45, 7) is 0.363. The number of rotatable bonds is 6. The highest BCUT2D eigenvalue weighted by atomic mass is 32.1. The first-order chi connectivity index (χ1) is 15.1. The second-order valence-electron chi connectivity index (χ2n) is 7.04. The summed E-state index contributed by atoms with van der Waals surface area (Å²) in [6, 6.07) is 17.2. The van der Waals surface area contributed by atoms with Crippen molar-refractivity contribution in [3.05, 3.63) is 94.1 Å². The van der Waals surface area contributed by atoms with Gasteiger partial charge in [-0.1, -0.05) is 36.4 Å². The lowest BCUT2D eigenvalue weighted by atomic mass is 9.97. The van der Waals surface area contributed by atoms with Gasteiger partial charge in [-0.15, -0.1) is 11.3 Å². The van der Waals surface area contributed by atoms with Crippen LogP contribution >= 0.6 is 11.3 Å². The average molecular weight is 437 g/mol. The van der Waals surface area contributed by atoms with Gasteiger partial charge < -0.3 is 10.3 Å². The molecule has 1 atom stereocenters. The summed E-state index contributed by atoms with van der Waals surface area (Å²) in [5.74, 6) is -0.790. The second-order valence-corrected chi connectivity index (χ2v) is 8.02. The maximum atomic E-state index is 13.0. The Labute approximate surface area is 182 Å². The van der Waals surface area contributed by atoms with Crippen LogP contribution in [0.1, 0.15) is 21.9 Å². The molecule has 0 spiro atoms. The van der Waals surface area contributed by atoms with Gasteiger partial charge in [0.05, 0.1) is 6.42 Å². The van der Waals surface area contributed by atoms with Crippen LogP contribution in [0.3, 0.4) is 0 Å². The highest BCUT2D eigenvalue weighted by Gasteiger charge is 2.20. The quantitative estimate of drug-likeness (QED) is 0.344. The van der Waals surface area contributed by atoms with Crippen molar-refractivity contribution >= 4 is 34.2 Å². The third kappa shape index (κ3) is 5.10. The van der Waals surface area contributed by atoms with Gasteiger partial charge >= 0.3 is 6.03 Å². The van der Waals surface area contributed by atoms with Gasteiger partial charge in [-0.25, -0.2) is 14.6 Å². The number of carbonyl (C=O) groups is 2. The van der Waals surface area contributed by atoms with Crippen LogP contribution in [0, 0.1) is 5.82 Å². The summed E-state index contributed by atoms with van der Waals surface area (Å²) in [7, 11) is 0. The lowest BCUT2D eigenvalue weighted by Gasteiger charge is -2.17. The van der Waals surface area contributed by atoms with Crippen LogP contribution < -0.4 is 16.2 Å². The predicted octanol–water partition coefficient (Wildman–Crippen LogP) is 4.07. The molecule has 0 saturated carbocycles. The zero-order valence-electron chi connectivity index (χ0n) is 16.5. The first kappa shape index (κ1) is 20.6. The van der Waals surface area contributed by atoms with Crippen molar-refractivity contribution in [3.63, 3.8) is 0 Å². The molecule has 1 unspecified atom stereocenters. The number of H-pyrrole nitrogens is 1. The standard InChI is InChI=1S/C23H21FN4O2S/c24-16-9-7-15(8-10-16)12-22(29)27-28-23(30)26-14-19(21-6-3-11-31-21)18-13-25-20-5-2-1-4-17(18)20/h1-11,13,19,25H,12,14H2,(H,27,29)(H2,26,28,30). The zero-order chi connectivity index (χ0) is 21.6. The van der Waals surface area contributed by atoms with E-state index in [9.17, 15) is 14.0 Å². The fourth-order valence-corrected chi connectivity index (χ4v) is 4.28. The number of aromatic amines is 1. The Morgan fingerprint density at radius 3 is 2.58 bits per heavy atom. The topological polar surface area (TPSA) is 86.0 Å². The van der Waals surface area contributed by atoms with Crippen LogP contribution in [0.25, 0.3) is 10.9 Å². The summed E-state index contributed by atoms with van der Waals surface area (Å²) >= 11 is 1.63. The maximum absolute atomic E-state index is 13.0. The molecular weight excluding hydrogens is 415 g/mol. The molecule has 0 saturated heterocycles. The van der Waals surface area contributed by atoms with Gasteiger partial charge in [-0.3, -0.25) is 10.2 Å². The van der Waals surface area contributed by atoms with Gasteiger partial charge in [0, 0.05) is 34.4 Å². The Balaban J connectivity index is 1.36. The number of benzene rings is 2. The Hall–Kier alpha value is -3.65. The lowest BCUT2D eigenvalue weighted by Crippen LogP contribution is -2.48. The van der Waals surface area contributed by atoms with E-state index in [1.54, 1.807) is 11.3 Å². The molecule has 158 valence electrons. The van der Waals surface area contributed by atoms with Crippen LogP contribution in [0.4, 0.5) is 9.18 Å². The van der Waals surface area contributed by atoms with Crippen LogP contribution in [-0.2, 0) is 11.2 Å². The zero-order valence-corrected chi connectivity index (χ0v) is 17.3. The number of halogens is 1. The van der Waals surface area contributed by atoms with Crippen LogP contribution in [-0.4, -0.2) is 23.5 Å². The number of hydrogen-bond donors (Lipinski definition) is 4. The third-order valence-corrected chi connectivity index (χ3v) is 5.93. The Kier molecular flexibility index (Phi) is 6.28. The van der Waals surface area contributed by atoms with Crippen LogP contribution in [0.5, 0.6) is 0 Å². The number of nitrogens with one attached hydrogen (secondary N) is 4. The number of amides is 3. The molecule has 4 N–H and O–H groups in total. The first-order valence-corrected chi connectivity index (χ1v) is 10.6. The van der Waals surface area contributed by atoms with Gasteiger partial charge in [0.1, 0.15) is 5.82 Å².